The van der Waals surface area contributed by atoms with Crippen LogP contribution in [-0.4, -0.2) is 47.1 Å². The molecule has 2 bridgehead atoms. The lowest BCUT2D eigenvalue weighted by molar-refractivity contribution is 0.254. The molecule has 3 heterocycles. The van der Waals surface area contributed by atoms with Gasteiger partial charge in [0.05, 0.1) is 0 Å². The normalized spacial score (nSPS) is 27.0. The van der Waals surface area contributed by atoms with Gasteiger partial charge in [0.1, 0.15) is 16.8 Å². The smallest absolute Gasteiger partial charge is 0.137 e. The Bertz CT molecular complexity index is 525. The van der Waals surface area contributed by atoms with Crippen molar-refractivity contribution < 1.29 is 0 Å². The monoisotopic (exact) mass is 308 g/mol. The molecule has 1 aromatic rings. The molecule has 2 unspecified atom stereocenters. The Balaban J connectivity index is 1.88. The zero-order chi connectivity index (χ0) is 15.2. The summed E-state index contributed by atoms with van der Waals surface area (Å²) in [6, 6.07) is 3.29. The van der Waals surface area contributed by atoms with Crippen LogP contribution in [0.2, 0.25) is 5.15 Å². The van der Waals surface area contributed by atoms with Crippen LogP contribution in [-0.2, 0) is 5.41 Å². The molecule has 5 heteroatoms. The molecular formula is C16H25ClN4. The van der Waals surface area contributed by atoms with Gasteiger partial charge in [0.15, 0.2) is 0 Å². The second kappa shape index (κ2) is 5.40. The lowest BCUT2D eigenvalue weighted by Crippen LogP contribution is -2.37. The summed E-state index contributed by atoms with van der Waals surface area (Å²) in [6.07, 6.45) is 3.84. The van der Waals surface area contributed by atoms with Crippen LogP contribution < -0.4 is 4.90 Å². The predicted octanol–water partition coefficient (Wildman–Crippen LogP) is 3.10. The number of halogens is 1. The molecule has 0 aliphatic carbocycles. The Morgan fingerprint density at radius 3 is 2.57 bits per heavy atom. The number of fused-ring (bicyclic) bond motifs is 2. The van der Waals surface area contributed by atoms with Gasteiger partial charge in [-0.3, -0.25) is 4.90 Å². The summed E-state index contributed by atoms with van der Waals surface area (Å²) < 4.78 is 0. The number of anilines is 1. The highest BCUT2D eigenvalue weighted by molar-refractivity contribution is 6.29. The minimum atomic E-state index is -0.0820. The standard InChI is InChI=1S/C16H25ClN4/c1-16(2,3)15-18-13(17)9-14(19-15)21-8-7-11-5-6-12(10-21)20(11)4/h9,11-12H,5-8,10H2,1-4H3. The first kappa shape index (κ1) is 15.0. The third kappa shape index (κ3) is 3.02. The molecule has 116 valence electrons. The average molecular weight is 309 g/mol. The van der Waals surface area contributed by atoms with E-state index in [2.05, 4.69) is 42.6 Å². The zero-order valence-corrected chi connectivity index (χ0v) is 14.2. The molecule has 21 heavy (non-hydrogen) atoms. The molecule has 2 saturated heterocycles. The molecular weight excluding hydrogens is 284 g/mol. The van der Waals surface area contributed by atoms with Crippen molar-refractivity contribution in [2.24, 2.45) is 0 Å². The topological polar surface area (TPSA) is 32.3 Å². The van der Waals surface area contributed by atoms with Crippen molar-refractivity contribution in [2.45, 2.75) is 57.5 Å². The second-order valence-electron chi connectivity index (χ2n) is 7.41. The number of rotatable bonds is 1. The van der Waals surface area contributed by atoms with E-state index in [4.69, 9.17) is 16.6 Å². The van der Waals surface area contributed by atoms with E-state index >= 15 is 0 Å². The van der Waals surface area contributed by atoms with Crippen molar-refractivity contribution >= 4 is 17.4 Å². The highest BCUT2D eigenvalue weighted by Gasteiger charge is 2.35. The molecule has 0 aromatic carbocycles. The summed E-state index contributed by atoms with van der Waals surface area (Å²) in [7, 11) is 2.26. The van der Waals surface area contributed by atoms with E-state index in [0.29, 0.717) is 11.2 Å². The van der Waals surface area contributed by atoms with E-state index in [9.17, 15) is 0 Å². The van der Waals surface area contributed by atoms with Gasteiger partial charge >= 0.3 is 0 Å². The Hall–Kier alpha value is -0.870. The first-order valence-corrected chi connectivity index (χ1v) is 8.24. The summed E-state index contributed by atoms with van der Waals surface area (Å²) in [4.78, 5) is 14.1. The Kier molecular flexibility index (Phi) is 3.87. The number of likely N-dealkylation sites (N-methyl/N-ethyl adjacent to an activating group) is 1. The van der Waals surface area contributed by atoms with E-state index < -0.39 is 0 Å². The molecule has 1 aromatic heterocycles. The van der Waals surface area contributed by atoms with E-state index in [1.807, 2.05) is 6.07 Å². The van der Waals surface area contributed by atoms with Crippen molar-refractivity contribution in [3.8, 4) is 0 Å². The fourth-order valence-electron chi connectivity index (χ4n) is 3.42. The first-order chi connectivity index (χ1) is 9.84. The van der Waals surface area contributed by atoms with Gasteiger partial charge in [-0.2, -0.15) is 0 Å². The van der Waals surface area contributed by atoms with Crippen LogP contribution in [0.3, 0.4) is 0 Å². The quantitative estimate of drug-likeness (QED) is 0.746. The lowest BCUT2D eigenvalue weighted by Gasteiger charge is -2.28. The summed E-state index contributed by atoms with van der Waals surface area (Å²) >= 11 is 6.24. The molecule has 2 aliphatic heterocycles. The lowest BCUT2D eigenvalue weighted by atomic mass is 9.96. The third-order valence-corrected chi connectivity index (χ3v) is 5.02. The molecule has 2 fully saturated rings. The first-order valence-electron chi connectivity index (χ1n) is 7.86. The van der Waals surface area contributed by atoms with E-state index in [0.717, 1.165) is 30.8 Å². The zero-order valence-electron chi connectivity index (χ0n) is 13.4. The maximum absolute atomic E-state index is 6.24. The minimum Gasteiger partial charge on any atom is -0.355 e. The fourth-order valence-corrected chi connectivity index (χ4v) is 3.60. The van der Waals surface area contributed by atoms with Crippen LogP contribution in [0.4, 0.5) is 5.82 Å². The second-order valence-corrected chi connectivity index (χ2v) is 7.79. The van der Waals surface area contributed by atoms with Gasteiger partial charge in [0.2, 0.25) is 0 Å². The predicted molar refractivity (Wildman–Crippen MR) is 87.1 cm³/mol. The minimum absolute atomic E-state index is 0.0820. The average Bonchev–Trinajstić information content (AvgIpc) is 2.61. The molecule has 0 spiro atoms. The fraction of sp³-hybridized carbons (Fsp3) is 0.750. The molecule has 2 atom stereocenters. The van der Waals surface area contributed by atoms with E-state index in [1.54, 1.807) is 0 Å². The van der Waals surface area contributed by atoms with Crippen LogP contribution >= 0.6 is 11.6 Å². The molecule has 0 N–H and O–H groups in total. The van der Waals surface area contributed by atoms with Crippen LogP contribution in [0, 0.1) is 0 Å². The highest BCUT2D eigenvalue weighted by Crippen LogP contribution is 2.31. The van der Waals surface area contributed by atoms with Gasteiger partial charge in [-0.15, -0.1) is 0 Å². The molecule has 3 rings (SSSR count). The summed E-state index contributed by atoms with van der Waals surface area (Å²) in [5, 5.41) is 0.549. The van der Waals surface area contributed by atoms with Gasteiger partial charge in [-0.25, -0.2) is 9.97 Å². The molecule has 4 nitrogen and oxygen atoms in total. The number of aromatic nitrogens is 2. The van der Waals surface area contributed by atoms with Crippen molar-refractivity contribution in [2.75, 3.05) is 25.0 Å². The van der Waals surface area contributed by atoms with Crippen molar-refractivity contribution in [3.63, 3.8) is 0 Å². The molecule has 2 aliphatic rings. The van der Waals surface area contributed by atoms with Crippen molar-refractivity contribution in [1.82, 2.24) is 14.9 Å². The van der Waals surface area contributed by atoms with Gasteiger partial charge in [0.25, 0.3) is 0 Å². The van der Waals surface area contributed by atoms with Crippen molar-refractivity contribution in [1.29, 1.82) is 0 Å². The van der Waals surface area contributed by atoms with Crippen LogP contribution in [0.25, 0.3) is 0 Å². The van der Waals surface area contributed by atoms with Gasteiger partial charge in [-0.05, 0) is 26.3 Å². The maximum atomic E-state index is 6.24. The molecule has 0 amide bonds. The molecule has 0 radical (unpaired) electrons. The maximum Gasteiger partial charge on any atom is 0.137 e. The third-order valence-electron chi connectivity index (χ3n) is 4.82. The number of hydrogen-bond donors (Lipinski definition) is 0. The number of nitrogens with zero attached hydrogens (tertiary/aromatic N) is 4. The van der Waals surface area contributed by atoms with Crippen LogP contribution in [0.15, 0.2) is 6.07 Å². The SMILES string of the molecule is CN1C2CCC1CN(c1cc(Cl)nc(C(C)(C)C)n1)CC2. The van der Waals surface area contributed by atoms with Gasteiger partial charge in [-0.1, -0.05) is 32.4 Å². The Labute approximate surface area is 132 Å². The number of hydrogen-bond acceptors (Lipinski definition) is 4. The summed E-state index contributed by atoms with van der Waals surface area (Å²) in [6.45, 7) is 8.48. The van der Waals surface area contributed by atoms with Gasteiger partial charge in [0, 0.05) is 36.7 Å². The van der Waals surface area contributed by atoms with E-state index in [1.165, 1.54) is 19.3 Å². The van der Waals surface area contributed by atoms with Crippen molar-refractivity contribution in [3.05, 3.63) is 17.0 Å². The van der Waals surface area contributed by atoms with E-state index in [-0.39, 0.29) is 5.41 Å². The Morgan fingerprint density at radius 1 is 1.14 bits per heavy atom. The summed E-state index contributed by atoms with van der Waals surface area (Å²) in [5.41, 5.74) is -0.0820. The summed E-state index contributed by atoms with van der Waals surface area (Å²) in [5.74, 6) is 1.81. The highest BCUT2D eigenvalue weighted by atomic mass is 35.5. The molecule has 0 saturated carbocycles. The van der Waals surface area contributed by atoms with Gasteiger partial charge < -0.3 is 4.90 Å². The van der Waals surface area contributed by atoms with Crippen LogP contribution in [0.5, 0.6) is 0 Å². The largest absolute Gasteiger partial charge is 0.355 e. The van der Waals surface area contributed by atoms with Crippen LogP contribution in [0.1, 0.15) is 45.9 Å². The Morgan fingerprint density at radius 2 is 1.86 bits per heavy atom.